The van der Waals surface area contributed by atoms with Gasteiger partial charge in [-0.3, -0.25) is 4.90 Å². The molecule has 3 heterocycles. The lowest BCUT2D eigenvalue weighted by molar-refractivity contribution is 0.186. The van der Waals surface area contributed by atoms with Gasteiger partial charge in [-0.25, -0.2) is 13.8 Å². The fourth-order valence-electron chi connectivity index (χ4n) is 3.51. The van der Waals surface area contributed by atoms with Crippen molar-refractivity contribution in [1.29, 1.82) is 0 Å². The van der Waals surface area contributed by atoms with E-state index >= 15 is 0 Å². The zero-order valence-electron chi connectivity index (χ0n) is 14.5. The maximum absolute atomic E-state index is 13.9. The predicted octanol–water partition coefficient (Wildman–Crippen LogP) is 3.91. The molecule has 1 atom stereocenters. The molecule has 8 heteroatoms. The number of aryl methyl sites for hydroxylation is 1. The Morgan fingerprint density at radius 2 is 1.96 bits per heavy atom. The van der Waals surface area contributed by atoms with Crippen LogP contribution >= 0.6 is 11.3 Å². The lowest BCUT2D eigenvalue weighted by Gasteiger charge is -2.34. The van der Waals surface area contributed by atoms with Crippen LogP contribution in [0.15, 0.2) is 18.2 Å². The molecule has 2 aromatic heterocycles. The molecule has 0 aliphatic carbocycles. The Kier molecular flexibility index (Phi) is 4.62. The van der Waals surface area contributed by atoms with Gasteiger partial charge in [0.1, 0.15) is 0 Å². The minimum absolute atomic E-state index is 0.0255. The van der Waals surface area contributed by atoms with Crippen LogP contribution in [0.3, 0.4) is 0 Å². The van der Waals surface area contributed by atoms with Gasteiger partial charge in [-0.1, -0.05) is 30.7 Å². The maximum atomic E-state index is 13.9. The third-order valence-electron chi connectivity index (χ3n) is 4.82. The fraction of sp³-hybridized carbons (Fsp3) is 0.444. The molecule has 1 unspecified atom stereocenters. The molecule has 0 amide bonds. The predicted molar refractivity (Wildman–Crippen MR) is 95.5 cm³/mol. The highest BCUT2D eigenvalue weighted by molar-refractivity contribution is 7.17. The molecular weight excluding hydrogens is 358 g/mol. The van der Waals surface area contributed by atoms with Gasteiger partial charge in [0.25, 0.3) is 0 Å². The van der Waals surface area contributed by atoms with Crippen LogP contribution in [0.2, 0.25) is 0 Å². The van der Waals surface area contributed by atoms with Crippen LogP contribution in [0.25, 0.3) is 4.96 Å². The average molecular weight is 378 g/mol. The zero-order valence-corrected chi connectivity index (χ0v) is 15.3. The quantitative estimate of drug-likeness (QED) is 0.748. The van der Waals surface area contributed by atoms with Crippen molar-refractivity contribution in [2.75, 3.05) is 13.1 Å². The van der Waals surface area contributed by atoms with Gasteiger partial charge in [0, 0.05) is 6.42 Å². The molecule has 0 saturated carbocycles. The SMILES string of the molecule is CCc1nc2sc(C(c3ccc(F)c(F)c3)N3CCCCC3)c(O)n2n1. The number of aromatic nitrogens is 3. The first kappa shape index (κ1) is 17.4. The minimum atomic E-state index is -0.878. The summed E-state index contributed by atoms with van der Waals surface area (Å²) >= 11 is 1.35. The minimum Gasteiger partial charge on any atom is -0.492 e. The van der Waals surface area contributed by atoms with Crippen molar-refractivity contribution < 1.29 is 13.9 Å². The van der Waals surface area contributed by atoms with E-state index in [1.54, 1.807) is 6.07 Å². The number of piperidine rings is 1. The Hall–Kier alpha value is -2.06. The molecule has 26 heavy (non-hydrogen) atoms. The molecule has 4 rings (SSSR count). The molecule has 1 aliphatic heterocycles. The van der Waals surface area contributed by atoms with Gasteiger partial charge in [0.2, 0.25) is 10.8 Å². The van der Waals surface area contributed by atoms with Crippen molar-refractivity contribution in [2.24, 2.45) is 0 Å². The summed E-state index contributed by atoms with van der Waals surface area (Å²) in [5.74, 6) is -1.06. The van der Waals surface area contributed by atoms with Gasteiger partial charge >= 0.3 is 0 Å². The summed E-state index contributed by atoms with van der Waals surface area (Å²) in [5.41, 5.74) is 0.626. The molecule has 5 nitrogen and oxygen atoms in total. The van der Waals surface area contributed by atoms with E-state index in [4.69, 9.17) is 0 Å². The number of nitrogens with zero attached hydrogens (tertiary/aromatic N) is 4. The van der Waals surface area contributed by atoms with Crippen molar-refractivity contribution in [3.8, 4) is 5.88 Å². The second kappa shape index (κ2) is 6.92. The highest BCUT2D eigenvalue weighted by atomic mass is 32.1. The lowest BCUT2D eigenvalue weighted by atomic mass is 10.00. The third kappa shape index (κ3) is 2.97. The highest BCUT2D eigenvalue weighted by Crippen LogP contribution is 2.41. The standard InChI is InChI=1S/C18H20F2N4OS/c1-2-14-21-18-24(22-14)17(25)16(26-18)15(23-8-4-3-5-9-23)11-6-7-12(19)13(20)10-11/h6-7,10,15,25H,2-5,8-9H2,1H3. The molecular formula is C18H20F2N4OS. The summed E-state index contributed by atoms with van der Waals surface area (Å²) in [4.78, 5) is 7.91. The van der Waals surface area contributed by atoms with E-state index in [0.29, 0.717) is 27.6 Å². The Morgan fingerprint density at radius 1 is 1.19 bits per heavy atom. The number of rotatable bonds is 4. The third-order valence-corrected chi connectivity index (χ3v) is 5.90. The normalized spacial score (nSPS) is 17.0. The Balaban J connectivity index is 1.83. The molecule has 1 saturated heterocycles. The first-order valence-electron chi connectivity index (χ1n) is 8.84. The largest absolute Gasteiger partial charge is 0.492 e. The smallest absolute Gasteiger partial charge is 0.230 e. The van der Waals surface area contributed by atoms with Crippen LogP contribution < -0.4 is 0 Å². The number of likely N-dealkylation sites (tertiary alicyclic amines) is 1. The van der Waals surface area contributed by atoms with Gasteiger partial charge in [0.15, 0.2) is 17.5 Å². The Labute approximate surface area is 153 Å². The van der Waals surface area contributed by atoms with E-state index in [-0.39, 0.29) is 11.9 Å². The number of thiazole rings is 1. The first-order valence-corrected chi connectivity index (χ1v) is 9.66. The first-order chi connectivity index (χ1) is 12.6. The van der Waals surface area contributed by atoms with Gasteiger partial charge < -0.3 is 5.11 Å². The zero-order chi connectivity index (χ0) is 18.3. The van der Waals surface area contributed by atoms with Crippen LogP contribution in [0.1, 0.15) is 48.5 Å². The molecule has 1 aromatic carbocycles. The fourth-order valence-corrected chi connectivity index (χ4v) is 4.64. The number of halogens is 2. The lowest BCUT2D eigenvalue weighted by Crippen LogP contribution is -2.34. The molecule has 1 fully saturated rings. The van der Waals surface area contributed by atoms with Crippen LogP contribution in [-0.2, 0) is 6.42 Å². The van der Waals surface area contributed by atoms with Gasteiger partial charge in [0.05, 0.1) is 10.9 Å². The van der Waals surface area contributed by atoms with Gasteiger partial charge in [-0.15, -0.1) is 5.10 Å². The Bertz CT molecular complexity index is 933. The van der Waals surface area contributed by atoms with E-state index in [0.717, 1.165) is 38.4 Å². The average Bonchev–Trinajstić information content (AvgIpc) is 3.19. The summed E-state index contributed by atoms with van der Waals surface area (Å²) in [6.07, 6.45) is 3.92. The highest BCUT2D eigenvalue weighted by Gasteiger charge is 2.30. The van der Waals surface area contributed by atoms with E-state index in [9.17, 15) is 13.9 Å². The van der Waals surface area contributed by atoms with E-state index in [1.165, 1.54) is 21.9 Å². The molecule has 1 N–H and O–H groups in total. The number of benzene rings is 1. The van der Waals surface area contributed by atoms with Crippen LogP contribution in [0.4, 0.5) is 8.78 Å². The number of hydrogen-bond donors (Lipinski definition) is 1. The molecule has 0 bridgehead atoms. The number of hydrogen-bond acceptors (Lipinski definition) is 5. The van der Waals surface area contributed by atoms with E-state index in [1.807, 2.05) is 6.92 Å². The monoisotopic (exact) mass is 378 g/mol. The molecule has 0 spiro atoms. The van der Waals surface area contributed by atoms with Crippen molar-refractivity contribution in [1.82, 2.24) is 19.5 Å². The van der Waals surface area contributed by atoms with Crippen molar-refractivity contribution >= 4 is 16.3 Å². The van der Waals surface area contributed by atoms with E-state index in [2.05, 4.69) is 15.0 Å². The number of aromatic hydroxyl groups is 1. The Morgan fingerprint density at radius 3 is 2.62 bits per heavy atom. The van der Waals surface area contributed by atoms with Crippen LogP contribution in [-0.4, -0.2) is 37.7 Å². The topological polar surface area (TPSA) is 53.7 Å². The molecule has 1 aliphatic rings. The van der Waals surface area contributed by atoms with Crippen molar-refractivity contribution in [3.05, 3.63) is 46.1 Å². The summed E-state index contributed by atoms with van der Waals surface area (Å²) < 4.78 is 28.8. The van der Waals surface area contributed by atoms with Crippen molar-refractivity contribution in [3.63, 3.8) is 0 Å². The van der Waals surface area contributed by atoms with E-state index < -0.39 is 11.6 Å². The summed E-state index contributed by atoms with van der Waals surface area (Å²) in [7, 11) is 0. The summed E-state index contributed by atoms with van der Waals surface area (Å²) in [5, 5.41) is 15.1. The molecule has 138 valence electrons. The maximum Gasteiger partial charge on any atom is 0.230 e. The second-order valence-corrected chi connectivity index (χ2v) is 7.55. The number of fused-ring (bicyclic) bond motifs is 1. The summed E-state index contributed by atoms with van der Waals surface area (Å²) in [6.45, 7) is 3.64. The van der Waals surface area contributed by atoms with Crippen LogP contribution in [0, 0.1) is 11.6 Å². The summed E-state index contributed by atoms with van der Waals surface area (Å²) in [6, 6.07) is 3.61. The van der Waals surface area contributed by atoms with Gasteiger partial charge in [-0.2, -0.15) is 4.52 Å². The molecule has 0 radical (unpaired) electrons. The second-order valence-electron chi connectivity index (χ2n) is 6.54. The molecule has 3 aromatic rings. The van der Waals surface area contributed by atoms with Gasteiger partial charge in [-0.05, 0) is 43.6 Å². The van der Waals surface area contributed by atoms with Crippen LogP contribution in [0.5, 0.6) is 5.88 Å². The van der Waals surface area contributed by atoms with Crippen molar-refractivity contribution in [2.45, 2.75) is 38.6 Å².